The van der Waals surface area contributed by atoms with Crippen LogP contribution in [0.4, 0.5) is 4.39 Å². The van der Waals surface area contributed by atoms with Crippen LogP contribution in [-0.4, -0.2) is 16.1 Å². The number of fused-ring (bicyclic) bond motifs is 1. The molecule has 104 valence electrons. The molecular formula is C15H22FN3. The average molecular weight is 263 g/mol. The van der Waals surface area contributed by atoms with Gasteiger partial charge in [-0.25, -0.2) is 9.37 Å². The van der Waals surface area contributed by atoms with E-state index in [0.717, 1.165) is 24.2 Å². The molecule has 0 amide bonds. The molecule has 4 heteroatoms. The Morgan fingerprint density at radius 2 is 2.05 bits per heavy atom. The van der Waals surface area contributed by atoms with Gasteiger partial charge in [-0.2, -0.15) is 0 Å². The molecule has 1 heterocycles. The maximum atomic E-state index is 13.8. The molecule has 19 heavy (non-hydrogen) atoms. The molecule has 0 saturated carbocycles. The summed E-state index contributed by atoms with van der Waals surface area (Å²) in [6.07, 6.45) is 1.82. The Morgan fingerprint density at radius 3 is 2.68 bits per heavy atom. The molecule has 2 aromatic rings. The van der Waals surface area contributed by atoms with E-state index < -0.39 is 0 Å². The molecule has 3 nitrogen and oxygen atoms in total. The van der Waals surface area contributed by atoms with Gasteiger partial charge in [0.25, 0.3) is 0 Å². The predicted octanol–water partition coefficient (Wildman–Crippen LogP) is 3.28. The van der Waals surface area contributed by atoms with Gasteiger partial charge in [-0.05, 0) is 44.9 Å². The van der Waals surface area contributed by atoms with E-state index in [4.69, 9.17) is 5.73 Å². The summed E-state index contributed by atoms with van der Waals surface area (Å²) >= 11 is 0. The fourth-order valence-corrected chi connectivity index (χ4v) is 2.38. The topological polar surface area (TPSA) is 43.8 Å². The van der Waals surface area contributed by atoms with Gasteiger partial charge in [0.1, 0.15) is 11.3 Å². The Balaban J connectivity index is 2.42. The molecule has 0 bridgehead atoms. The summed E-state index contributed by atoms with van der Waals surface area (Å²) in [6.45, 7) is 7.00. The summed E-state index contributed by atoms with van der Waals surface area (Å²) in [6, 6.07) is 5.41. The number of benzene rings is 1. The summed E-state index contributed by atoms with van der Waals surface area (Å²) < 4.78 is 15.9. The van der Waals surface area contributed by atoms with Crippen molar-refractivity contribution in [2.75, 3.05) is 6.54 Å². The van der Waals surface area contributed by atoms with Gasteiger partial charge in [0.15, 0.2) is 5.82 Å². The number of hydrogen-bond donors (Lipinski definition) is 1. The number of halogens is 1. The Kier molecular flexibility index (Phi) is 4.20. The smallest absolute Gasteiger partial charge is 0.151 e. The highest BCUT2D eigenvalue weighted by Gasteiger charge is 2.16. The van der Waals surface area contributed by atoms with Crippen LogP contribution in [0.3, 0.4) is 0 Å². The first-order chi connectivity index (χ1) is 9.04. The van der Waals surface area contributed by atoms with Crippen molar-refractivity contribution in [2.24, 2.45) is 11.7 Å². The predicted molar refractivity (Wildman–Crippen MR) is 76.6 cm³/mol. The molecule has 0 aliphatic carbocycles. The Bertz CT molecular complexity index is 560. The Labute approximate surface area is 113 Å². The summed E-state index contributed by atoms with van der Waals surface area (Å²) in [5, 5.41) is 0. The lowest BCUT2D eigenvalue weighted by Gasteiger charge is -2.14. The van der Waals surface area contributed by atoms with Crippen molar-refractivity contribution in [3.05, 3.63) is 29.8 Å². The Hall–Kier alpha value is -1.42. The van der Waals surface area contributed by atoms with E-state index >= 15 is 0 Å². The summed E-state index contributed by atoms with van der Waals surface area (Å²) in [5.74, 6) is 1.17. The number of aromatic nitrogens is 2. The van der Waals surface area contributed by atoms with E-state index in [1.54, 1.807) is 6.07 Å². The van der Waals surface area contributed by atoms with Crippen molar-refractivity contribution in [3.8, 4) is 0 Å². The standard InChI is InChI=1S/C15H22FN3/c1-10(2)19-13-6-4-5-12(16)15(13)18-14(19)8-7-11(3)9-17/h4-6,10-11H,7-9,17H2,1-3H3. The second-order valence-corrected chi connectivity index (χ2v) is 5.48. The van der Waals surface area contributed by atoms with E-state index in [-0.39, 0.29) is 11.9 Å². The van der Waals surface area contributed by atoms with Crippen molar-refractivity contribution in [1.82, 2.24) is 9.55 Å². The van der Waals surface area contributed by atoms with Gasteiger partial charge in [0, 0.05) is 12.5 Å². The first kappa shape index (κ1) is 14.0. The first-order valence-corrected chi connectivity index (χ1v) is 6.90. The third-order valence-corrected chi connectivity index (χ3v) is 3.52. The van der Waals surface area contributed by atoms with Crippen LogP contribution in [0, 0.1) is 11.7 Å². The highest BCUT2D eigenvalue weighted by molar-refractivity contribution is 5.76. The fraction of sp³-hybridized carbons (Fsp3) is 0.533. The van der Waals surface area contributed by atoms with Gasteiger partial charge >= 0.3 is 0 Å². The largest absolute Gasteiger partial charge is 0.330 e. The van der Waals surface area contributed by atoms with Crippen LogP contribution in [0.25, 0.3) is 11.0 Å². The number of imidazole rings is 1. The van der Waals surface area contributed by atoms with E-state index in [2.05, 4.69) is 30.3 Å². The second-order valence-electron chi connectivity index (χ2n) is 5.48. The minimum Gasteiger partial charge on any atom is -0.330 e. The fourth-order valence-electron chi connectivity index (χ4n) is 2.38. The highest BCUT2D eigenvalue weighted by atomic mass is 19.1. The van der Waals surface area contributed by atoms with Crippen LogP contribution < -0.4 is 5.73 Å². The first-order valence-electron chi connectivity index (χ1n) is 6.90. The van der Waals surface area contributed by atoms with E-state index in [9.17, 15) is 4.39 Å². The molecule has 1 aromatic carbocycles. The van der Waals surface area contributed by atoms with Gasteiger partial charge in [-0.15, -0.1) is 0 Å². The molecule has 0 saturated heterocycles. The van der Waals surface area contributed by atoms with E-state index in [0.29, 0.717) is 18.0 Å². The van der Waals surface area contributed by atoms with Crippen molar-refractivity contribution < 1.29 is 4.39 Å². The van der Waals surface area contributed by atoms with Crippen molar-refractivity contribution in [2.45, 2.75) is 39.7 Å². The van der Waals surface area contributed by atoms with Crippen molar-refractivity contribution >= 4 is 11.0 Å². The molecule has 2 N–H and O–H groups in total. The molecular weight excluding hydrogens is 241 g/mol. The summed E-state index contributed by atoms with van der Waals surface area (Å²) in [5.41, 5.74) is 7.00. The normalized spacial score (nSPS) is 13.4. The molecule has 0 fully saturated rings. The van der Waals surface area contributed by atoms with Crippen LogP contribution in [0.1, 0.15) is 39.1 Å². The number of aryl methyl sites for hydroxylation is 1. The van der Waals surface area contributed by atoms with Gasteiger partial charge in [-0.1, -0.05) is 13.0 Å². The molecule has 0 aliphatic rings. The van der Waals surface area contributed by atoms with Gasteiger partial charge in [0.2, 0.25) is 0 Å². The SMILES string of the molecule is CC(CN)CCc1nc2c(F)cccc2n1C(C)C. The summed E-state index contributed by atoms with van der Waals surface area (Å²) in [7, 11) is 0. The minimum absolute atomic E-state index is 0.245. The lowest BCUT2D eigenvalue weighted by molar-refractivity contribution is 0.510. The molecule has 2 rings (SSSR count). The van der Waals surface area contributed by atoms with Crippen LogP contribution >= 0.6 is 0 Å². The number of para-hydroxylation sites is 1. The number of nitrogens with zero attached hydrogens (tertiary/aromatic N) is 2. The van der Waals surface area contributed by atoms with Gasteiger partial charge in [-0.3, -0.25) is 0 Å². The Morgan fingerprint density at radius 1 is 1.32 bits per heavy atom. The van der Waals surface area contributed by atoms with Crippen molar-refractivity contribution in [3.63, 3.8) is 0 Å². The highest BCUT2D eigenvalue weighted by Crippen LogP contribution is 2.24. The maximum absolute atomic E-state index is 13.8. The summed E-state index contributed by atoms with van der Waals surface area (Å²) in [4.78, 5) is 4.49. The van der Waals surface area contributed by atoms with Crippen LogP contribution in [0.5, 0.6) is 0 Å². The van der Waals surface area contributed by atoms with Gasteiger partial charge in [0.05, 0.1) is 5.52 Å². The zero-order valence-corrected chi connectivity index (χ0v) is 11.9. The molecule has 1 atom stereocenters. The van der Waals surface area contributed by atoms with Crippen LogP contribution in [0.2, 0.25) is 0 Å². The zero-order chi connectivity index (χ0) is 14.0. The lowest BCUT2D eigenvalue weighted by atomic mass is 10.1. The molecule has 1 aromatic heterocycles. The zero-order valence-electron chi connectivity index (χ0n) is 11.9. The van der Waals surface area contributed by atoms with Gasteiger partial charge < -0.3 is 10.3 Å². The van der Waals surface area contributed by atoms with Crippen LogP contribution in [-0.2, 0) is 6.42 Å². The lowest BCUT2D eigenvalue weighted by Crippen LogP contribution is -2.13. The third kappa shape index (κ3) is 2.78. The van der Waals surface area contributed by atoms with Crippen molar-refractivity contribution in [1.29, 1.82) is 0 Å². The molecule has 0 spiro atoms. The van der Waals surface area contributed by atoms with E-state index in [1.807, 2.05) is 6.07 Å². The molecule has 0 radical (unpaired) electrons. The van der Waals surface area contributed by atoms with Crippen LogP contribution in [0.15, 0.2) is 18.2 Å². The number of hydrogen-bond acceptors (Lipinski definition) is 2. The number of nitrogens with two attached hydrogens (primary N) is 1. The molecule has 0 aliphatic heterocycles. The monoisotopic (exact) mass is 263 g/mol. The second kappa shape index (κ2) is 5.70. The number of rotatable bonds is 5. The van der Waals surface area contributed by atoms with E-state index in [1.165, 1.54) is 6.07 Å². The third-order valence-electron chi connectivity index (χ3n) is 3.52. The maximum Gasteiger partial charge on any atom is 0.151 e. The average Bonchev–Trinajstić information content (AvgIpc) is 2.76. The minimum atomic E-state index is -0.245. The quantitative estimate of drug-likeness (QED) is 0.899. The molecule has 1 unspecified atom stereocenters.